The van der Waals surface area contributed by atoms with Gasteiger partial charge in [-0.05, 0) is 32.9 Å². The molecular weight excluding hydrogens is 350 g/mol. The number of hydrogen-bond acceptors (Lipinski definition) is 7. The molecule has 1 saturated heterocycles. The average molecular weight is 372 g/mol. The average Bonchev–Trinajstić information content (AvgIpc) is 2.53. The summed E-state index contributed by atoms with van der Waals surface area (Å²) < 4.78 is 30.9. The molecule has 1 N–H and O–H groups in total. The maximum atomic E-state index is 13.2. The highest BCUT2D eigenvalue weighted by molar-refractivity contribution is 7.86. The third-order valence-electron chi connectivity index (χ3n) is 3.83. The first kappa shape index (κ1) is 19.3. The number of hydrogen-bond donors (Lipinski definition) is 1. The molecule has 10 heteroatoms. The summed E-state index contributed by atoms with van der Waals surface area (Å²) in [6.07, 6.45) is -0.840. The summed E-state index contributed by atoms with van der Waals surface area (Å²) in [5.41, 5.74) is -1.05. The van der Waals surface area contributed by atoms with Crippen molar-refractivity contribution in [3.8, 4) is 0 Å². The predicted octanol–water partition coefficient (Wildman–Crippen LogP) is 1.64. The van der Waals surface area contributed by atoms with Crippen LogP contribution in [0.25, 0.3) is 0 Å². The minimum absolute atomic E-state index is 0.0221. The zero-order valence-corrected chi connectivity index (χ0v) is 15.2. The number of rotatable bonds is 3. The van der Waals surface area contributed by atoms with Crippen molar-refractivity contribution in [3.05, 3.63) is 34.4 Å². The van der Waals surface area contributed by atoms with Crippen LogP contribution in [0.3, 0.4) is 0 Å². The van der Waals surface area contributed by atoms with E-state index in [9.17, 15) is 23.3 Å². The van der Waals surface area contributed by atoms with Gasteiger partial charge in [0.25, 0.3) is 5.69 Å². The summed E-state index contributed by atoms with van der Waals surface area (Å²) >= 11 is 0. The lowest BCUT2D eigenvalue weighted by Crippen LogP contribution is -2.65. The van der Waals surface area contributed by atoms with Gasteiger partial charge < -0.3 is 10.1 Å². The van der Waals surface area contributed by atoms with E-state index in [4.69, 9.17) is 4.74 Å². The van der Waals surface area contributed by atoms with Crippen molar-refractivity contribution in [1.29, 1.82) is 0 Å². The molecule has 1 aromatic carbocycles. The fourth-order valence-corrected chi connectivity index (χ4v) is 4.34. The third-order valence-corrected chi connectivity index (χ3v) is 6.13. The number of ether oxygens (including phenoxy) is 1. The molecule has 9 nitrogen and oxygen atoms in total. The molecule has 0 bridgehead atoms. The Hall–Kier alpha value is -2.04. The van der Waals surface area contributed by atoms with Crippen LogP contribution in [-0.2, 0) is 14.8 Å². The molecule has 25 heavy (non-hydrogen) atoms. The Balaban J connectivity index is 2.48. The molecule has 0 saturated carbocycles. The Bertz CT molecular complexity index is 761. The van der Waals surface area contributed by atoms with Gasteiger partial charge in [0.2, 0.25) is 0 Å². The lowest BCUT2D eigenvalue weighted by Gasteiger charge is -2.37. The molecule has 0 unspecified atom stereocenters. The minimum atomic E-state index is -4.14. The summed E-state index contributed by atoms with van der Waals surface area (Å²) in [6, 6.07) is 4.53. The van der Waals surface area contributed by atoms with Crippen molar-refractivity contribution in [1.82, 2.24) is 5.32 Å². The van der Waals surface area contributed by atoms with Crippen molar-refractivity contribution in [3.63, 3.8) is 0 Å². The van der Waals surface area contributed by atoms with E-state index in [0.29, 0.717) is 13.1 Å². The van der Waals surface area contributed by atoms with Gasteiger partial charge in [-0.2, -0.15) is 13.2 Å². The molecule has 1 amide bonds. The second-order valence-corrected chi connectivity index (χ2v) is 8.91. The zero-order valence-electron chi connectivity index (χ0n) is 14.4. The highest BCUT2D eigenvalue weighted by atomic mass is 32.2. The Morgan fingerprint density at radius 1 is 1.20 bits per heavy atom. The standard InChI is InChI=1S/C15H22N3O6S/c1-15(2,3)24-14(19)18(10-8-16-9-11-18)25(22,23)13-6-4-12(5-7-13)17(20)21/h4-7,16H,8-11H2,1-3H3/q+1. The third kappa shape index (κ3) is 3.80. The molecule has 1 heterocycles. The number of nitro groups is 1. The smallest absolute Gasteiger partial charge is 0.413 e. The van der Waals surface area contributed by atoms with Crippen LogP contribution in [0.2, 0.25) is 0 Å². The summed E-state index contributed by atoms with van der Waals surface area (Å²) in [4.78, 5) is 22.8. The molecule has 1 aliphatic heterocycles. The van der Waals surface area contributed by atoms with E-state index in [0.717, 1.165) is 24.3 Å². The summed E-state index contributed by atoms with van der Waals surface area (Å²) in [5, 5.41) is 13.8. The molecule has 0 atom stereocenters. The van der Waals surface area contributed by atoms with E-state index in [1.807, 2.05) is 0 Å². The van der Waals surface area contributed by atoms with Crippen molar-refractivity contribution in [2.75, 3.05) is 26.2 Å². The highest BCUT2D eigenvalue weighted by Crippen LogP contribution is 2.29. The van der Waals surface area contributed by atoms with Crippen molar-refractivity contribution in [2.24, 2.45) is 0 Å². The quantitative estimate of drug-likeness (QED) is 0.487. The van der Waals surface area contributed by atoms with Crippen LogP contribution in [0.15, 0.2) is 29.2 Å². The molecule has 1 aromatic rings. The van der Waals surface area contributed by atoms with Crippen molar-refractivity contribution in [2.45, 2.75) is 31.3 Å². The Labute approximate surface area is 146 Å². The number of quaternary nitrogens is 1. The second kappa shape index (κ2) is 6.70. The van der Waals surface area contributed by atoms with Gasteiger partial charge in [0, 0.05) is 25.2 Å². The number of benzene rings is 1. The molecule has 0 aromatic heterocycles. The molecule has 138 valence electrons. The molecule has 2 rings (SSSR count). The van der Waals surface area contributed by atoms with Crippen molar-refractivity contribution < 1.29 is 26.8 Å². The molecular formula is C15H22N3O6S+. The van der Waals surface area contributed by atoms with Gasteiger partial charge in [0.1, 0.15) is 23.6 Å². The number of nitro benzene ring substituents is 1. The Morgan fingerprint density at radius 2 is 1.72 bits per heavy atom. The van der Waals surface area contributed by atoms with Crippen LogP contribution in [0.5, 0.6) is 0 Å². The van der Waals surface area contributed by atoms with Gasteiger partial charge in [-0.1, -0.05) is 0 Å². The van der Waals surface area contributed by atoms with Crippen LogP contribution in [-0.4, -0.2) is 55.1 Å². The van der Waals surface area contributed by atoms with Gasteiger partial charge >= 0.3 is 16.1 Å². The van der Waals surface area contributed by atoms with E-state index in [-0.39, 0.29) is 23.7 Å². The number of amides is 1. The van der Waals surface area contributed by atoms with Crippen molar-refractivity contribution >= 4 is 21.8 Å². The van der Waals surface area contributed by atoms with E-state index in [2.05, 4.69) is 5.32 Å². The molecule has 0 radical (unpaired) electrons. The first-order chi connectivity index (χ1) is 11.5. The first-order valence-corrected chi connectivity index (χ1v) is 9.25. The van der Waals surface area contributed by atoms with Crippen LogP contribution >= 0.6 is 0 Å². The van der Waals surface area contributed by atoms with Gasteiger partial charge in [-0.3, -0.25) is 10.1 Å². The topological polar surface area (TPSA) is 116 Å². The van der Waals surface area contributed by atoms with E-state index in [1.54, 1.807) is 20.8 Å². The number of nitrogens with zero attached hydrogens (tertiary/aromatic N) is 2. The monoisotopic (exact) mass is 372 g/mol. The lowest BCUT2D eigenvalue weighted by molar-refractivity contribution is -0.735. The molecule has 0 aliphatic carbocycles. The first-order valence-electron chi connectivity index (χ1n) is 7.81. The van der Waals surface area contributed by atoms with Gasteiger partial charge in [-0.15, -0.1) is 3.89 Å². The maximum absolute atomic E-state index is 13.2. The van der Waals surface area contributed by atoms with Gasteiger partial charge in [-0.25, -0.2) is 0 Å². The second-order valence-electron chi connectivity index (χ2n) is 6.79. The number of carbonyl (C=O) groups excluding carboxylic acids is 1. The summed E-state index contributed by atoms with van der Waals surface area (Å²) in [6.45, 7) is 5.73. The normalized spacial score (nSPS) is 17.7. The summed E-state index contributed by atoms with van der Waals surface area (Å²) in [7, 11) is -4.14. The number of sulfonamides is 1. The fraction of sp³-hybridized carbons (Fsp3) is 0.533. The minimum Gasteiger partial charge on any atom is -0.413 e. The maximum Gasteiger partial charge on any atom is 0.532 e. The highest BCUT2D eigenvalue weighted by Gasteiger charge is 2.53. The Morgan fingerprint density at radius 3 is 2.16 bits per heavy atom. The largest absolute Gasteiger partial charge is 0.532 e. The number of nitrogens with one attached hydrogen (secondary N) is 1. The van der Waals surface area contributed by atoms with Crippen LogP contribution in [0.4, 0.5) is 10.5 Å². The van der Waals surface area contributed by atoms with Crippen LogP contribution < -0.4 is 5.32 Å². The van der Waals surface area contributed by atoms with E-state index in [1.165, 1.54) is 0 Å². The van der Waals surface area contributed by atoms with Gasteiger partial charge in [0.15, 0.2) is 0 Å². The lowest BCUT2D eigenvalue weighted by atomic mass is 10.2. The SMILES string of the molecule is CC(C)(C)OC(=O)[N+]1(S(=O)(=O)c2ccc([N+](=O)[O-])cc2)CCNCC1. The molecule has 1 aliphatic rings. The zero-order chi connectivity index (χ0) is 18.9. The number of carbonyl (C=O) groups is 1. The van der Waals surface area contributed by atoms with Crippen LogP contribution in [0.1, 0.15) is 20.8 Å². The number of non-ortho nitro benzene ring substituents is 1. The van der Waals surface area contributed by atoms with Crippen LogP contribution in [0, 0.1) is 10.1 Å². The molecule has 0 spiro atoms. The van der Waals surface area contributed by atoms with E-state index < -0.39 is 30.5 Å². The Kier molecular flexibility index (Phi) is 5.17. The summed E-state index contributed by atoms with van der Waals surface area (Å²) in [5.74, 6) is 0. The van der Waals surface area contributed by atoms with Gasteiger partial charge in [0.05, 0.1) is 4.92 Å². The predicted molar refractivity (Wildman–Crippen MR) is 89.4 cm³/mol. The molecule has 1 fully saturated rings. The van der Waals surface area contributed by atoms with E-state index >= 15 is 0 Å². The number of piperazine rings is 1. The fourth-order valence-electron chi connectivity index (χ4n) is 2.56.